The van der Waals surface area contributed by atoms with Gasteiger partial charge in [0, 0.05) is 32.9 Å². The topological polar surface area (TPSA) is 104 Å². The average Bonchev–Trinajstić information content (AvgIpc) is 3.25. The van der Waals surface area contributed by atoms with Crippen LogP contribution in [0.1, 0.15) is 6.42 Å². The highest BCUT2D eigenvalue weighted by Crippen LogP contribution is 2.19. The van der Waals surface area contributed by atoms with Crippen LogP contribution < -0.4 is 10.2 Å². The summed E-state index contributed by atoms with van der Waals surface area (Å²) in [6.45, 7) is 0.674. The fraction of sp³-hybridized carbons (Fsp3) is 0.375. The Bertz CT molecular complexity index is 788. The lowest BCUT2D eigenvalue weighted by Gasteiger charge is -2.17. The number of nitrogens with one attached hydrogen (secondary N) is 1. The minimum Gasteiger partial charge on any atom is -0.481 e. The van der Waals surface area contributed by atoms with Gasteiger partial charge in [0.25, 0.3) is 0 Å². The molecular weight excluding hydrogens is 324 g/mol. The number of carboxylic acids is 1. The van der Waals surface area contributed by atoms with Gasteiger partial charge in [-0.1, -0.05) is 6.07 Å². The van der Waals surface area contributed by atoms with Crippen LogP contribution in [0.15, 0.2) is 30.6 Å². The molecule has 1 aliphatic rings. The van der Waals surface area contributed by atoms with E-state index >= 15 is 0 Å². The summed E-state index contributed by atoms with van der Waals surface area (Å²) in [6.07, 6.45) is 2.09. The number of aliphatic carboxylic acids is 1. The van der Waals surface area contributed by atoms with Gasteiger partial charge < -0.3 is 20.2 Å². The Hall–Kier alpha value is -3.10. The Balaban J connectivity index is 1.69. The van der Waals surface area contributed by atoms with E-state index in [1.54, 1.807) is 28.0 Å². The highest BCUT2D eigenvalue weighted by molar-refractivity contribution is 5.90. The fourth-order valence-electron chi connectivity index (χ4n) is 2.66. The lowest BCUT2D eigenvalue weighted by molar-refractivity contribution is -0.141. The van der Waals surface area contributed by atoms with Crippen LogP contribution in [0.5, 0.6) is 0 Å². The molecule has 1 aromatic heterocycles. The highest BCUT2D eigenvalue weighted by atomic mass is 16.4. The van der Waals surface area contributed by atoms with Crippen LogP contribution in [-0.4, -0.2) is 64.0 Å². The second-order valence-electron chi connectivity index (χ2n) is 6.13. The molecule has 9 heteroatoms. The quantitative estimate of drug-likeness (QED) is 0.866. The van der Waals surface area contributed by atoms with Crippen molar-refractivity contribution in [1.82, 2.24) is 19.7 Å². The molecule has 0 radical (unpaired) electrons. The minimum absolute atomic E-state index is 0.232. The van der Waals surface area contributed by atoms with Gasteiger partial charge in [0.2, 0.25) is 5.95 Å². The van der Waals surface area contributed by atoms with E-state index in [0.29, 0.717) is 24.6 Å². The molecule has 2 N–H and O–H groups in total. The molecule has 2 amide bonds. The molecule has 3 rings (SSSR count). The first-order chi connectivity index (χ1) is 11.9. The zero-order valence-electron chi connectivity index (χ0n) is 14.1. The molecule has 0 aliphatic carbocycles. The summed E-state index contributed by atoms with van der Waals surface area (Å²) in [5.41, 5.74) is 1.38. The van der Waals surface area contributed by atoms with Crippen molar-refractivity contribution in [2.45, 2.75) is 6.42 Å². The standard InChI is InChI=1S/C16H20N6O3/c1-20(2)15-17-10-22(19-15)13-5-3-4-12(8-13)18-16(25)21-7-6-11(9-21)14(23)24/h3-5,8,10-11H,6-7,9H2,1-2H3,(H,18,25)(H,23,24). The number of benzene rings is 1. The monoisotopic (exact) mass is 344 g/mol. The molecule has 0 spiro atoms. The van der Waals surface area contributed by atoms with Crippen molar-refractivity contribution in [3.63, 3.8) is 0 Å². The van der Waals surface area contributed by atoms with Crippen molar-refractivity contribution in [2.75, 3.05) is 37.4 Å². The van der Waals surface area contributed by atoms with Crippen LogP contribution >= 0.6 is 0 Å². The first kappa shape index (κ1) is 16.7. The van der Waals surface area contributed by atoms with Crippen LogP contribution in [0.25, 0.3) is 5.69 Å². The zero-order chi connectivity index (χ0) is 18.0. The third-order valence-electron chi connectivity index (χ3n) is 4.07. The normalized spacial score (nSPS) is 16.7. The molecule has 0 saturated carbocycles. The van der Waals surface area contributed by atoms with Gasteiger partial charge in [0.1, 0.15) is 6.33 Å². The molecule has 1 fully saturated rings. The van der Waals surface area contributed by atoms with Gasteiger partial charge in [-0.3, -0.25) is 4.79 Å². The molecule has 9 nitrogen and oxygen atoms in total. The fourth-order valence-corrected chi connectivity index (χ4v) is 2.66. The lowest BCUT2D eigenvalue weighted by Crippen LogP contribution is -2.33. The second-order valence-corrected chi connectivity index (χ2v) is 6.13. The van der Waals surface area contributed by atoms with Crippen molar-refractivity contribution < 1.29 is 14.7 Å². The first-order valence-electron chi connectivity index (χ1n) is 7.92. The number of amides is 2. The van der Waals surface area contributed by atoms with Crippen LogP contribution in [0.2, 0.25) is 0 Å². The maximum absolute atomic E-state index is 12.3. The van der Waals surface area contributed by atoms with Crippen molar-refractivity contribution in [1.29, 1.82) is 0 Å². The zero-order valence-corrected chi connectivity index (χ0v) is 14.1. The van der Waals surface area contributed by atoms with Gasteiger partial charge in [-0.15, -0.1) is 5.10 Å². The summed E-state index contributed by atoms with van der Waals surface area (Å²) < 4.78 is 1.63. The number of carbonyl (C=O) groups is 2. The molecular formula is C16H20N6O3. The maximum atomic E-state index is 12.3. The third kappa shape index (κ3) is 3.70. The Labute approximate surface area is 144 Å². The largest absolute Gasteiger partial charge is 0.481 e. The number of rotatable bonds is 4. The first-order valence-corrected chi connectivity index (χ1v) is 7.92. The molecule has 1 aromatic carbocycles. The molecule has 2 aromatic rings. The predicted molar refractivity (Wildman–Crippen MR) is 92.0 cm³/mol. The third-order valence-corrected chi connectivity index (χ3v) is 4.07. The SMILES string of the molecule is CN(C)c1ncn(-c2cccc(NC(=O)N3CCC(C(=O)O)C3)c2)n1. The Morgan fingerprint density at radius 3 is 2.80 bits per heavy atom. The molecule has 0 bridgehead atoms. The number of hydrogen-bond acceptors (Lipinski definition) is 5. The van der Waals surface area contributed by atoms with E-state index in [1.165, 1.54) is 4.90 Å². The van der Waals surface area contributed by atoms with Crippen LogP contribution in [0.4, 0.5) is 16.4 Å². The summed E-state index contributed by atoms with van der Waals surface area (Å²) >= 11 is 0. The highest BCUT2D eigenvalue weighted by Gasteiger charge is 2.30. The van der Waals surface area contributed by atoms with E-state index in [9.17, 15) is 9.59 Å². The van der Waals surface area contributed by atoms with Crippen molar-refractivity contribution in [2.24, 2.45) is 5.92 Å². The van der Waals surface area contributed by atoms with E-state index in [1.807, 2.05) is 26.2 Å². The minimum atomic E-state index is -0.861. The Kier molecular flexibility index (Phi) is 4.55. The van der Waals surface area contributed by atoms with Gasteiger partial charge in [-0.25, -0.2) is 9.48 Å². The van der Waals surface area contributed by atoms with Crippen LogP contribution in [-0.2, 0) is 4.79 Å². The Morgan fingerprint density at radius 1 is 1.36 bits per heavy atom. The van der Waals surface area contributed by atoms with Crippen LogP contribution in [0.3, 0.4) is 0 Å². The molecule has 1 aliphatic heterocycles. The number of aromatic nitrogens is 3. The number of likely N-dealkylation sites (tertiary alicyclic amines) is 1. The molecule has 1 saturated heterocycles. The van der Waals surface area contributed by atoms with E-state index in [2.05, 4.69) is 15.4 Å². The van der Waals surface area contributed by atoms with Gasteiger partial charge in [0.05, 0.1) is 11.6 Å². The van der Waals surface area contributed by atoms with Crippen molar-refractivity contribution in [3.05, 3.63) is 30.6 Å². The van der Waals surface area contributed by atoms with E-state index in [0.717, 1.165) is 5.69 Å². The summed E-state index contributed by atoms with van der Waals surface area (Å²) in [7, 11) is 3.72. The number of anilines is 2. The number of carbonyl (C=O) groups excluding carboxylic acids is 1. The average molecular weight is 344 g/mol. The lowest BCUT2D eigenvalue weighted by atomic mass is 10.1. The van der Waals surface area contributed by atoms with Crippen LogP contribution in [0, 0.1) is 5.92 Å². The smallest absolute Gasteiger partial charge is 0.321 e. The summed E-state index contributed by atoms with van der Waals surface area (Å²) in [5, 5.41) is 16.2. The van der Waals surface area contributed by atoms with E-state index in [-0.39, 0.29) is 12.6 Å². The molecule has 1 atom stereocenters. The summed E-state index contributed by atoms with van der Waals surface area (Å²) in [4.78, 5) is 30.8. The number of nitrogens with zero attached hydrogens (tertiary/aromatic N) is 5. The number of carboxylic acid groups (broad SMARTS) is 1. The van der Waals surface area contributed by atoms with Gasteiger partial charge in [0.15, 0.2) is 0 Å². The van der Waals surface area contributed by atoms with E-state index < -0.39 is 11.9 Å². The van der Waals surface area contributed by atoms with Crippen molar-refractivity contribution >= 4 is 23.6 Å². The summed E-state index contributed by atoms with van der Waals surface area (Å²) in [5.74, 6) is -0.761. The molecule has 2 heterocycles. The number of urea groups is 1. The summed E-state index contributed by atoms with van der Waals surface area (Å²) in [6, 6.07) is 6.94. The molecule has 25 heavy (non-hydrogen) atoms. The van der Waals surface area contributed by atoms with Crippen molar-refractivity contribution in [3.8, 4) is 5.69 Å². The van der Waals surface area contributed by atoms with Gasteiger partial charge >= 0.3 is 12.0 Å². The Morgan fingerprint density at radius 2 is 2.16 bits per heavy atom. The maximum Gasteiger partial charge on any atom is 0.321 e. The molecule has 132 valence electrons. The second kappa shape index (κ2) is 6.80. The van der Waals surface area contributed by atoms with Gasteiger partial charge in [-0.05, 0) is 24.6 Å². The predicted octanol–water partition coefficient (Wildman–Crippen LogP) is 1.27. The molecule has 1 unspecified atom stereocenters. The number of hydrogen-bond donors (Lipinski definition) is 2. The van der Waals surface area contributed by atoms with Gasteiger partial charge in [-0.2, -0.15) is 4.98 Å². The van der Waals surface area contributed by atoms with E-state index in [4.69, 9.17) is 5.11 Å².